The molecule has 8 heteroatoms. The monoisotopic (exact) mass is 565 g/mol. The normalized spacial score (nSPS) is 30.8. The van der Waals surface area contributed by atoms with Crippen LogP contribution < -0.4 is 0 Å². The van der Waals surface area contributed by atoms with Crippen LogP contribution in [0.25, 0.3) is 0 Å². The van der Waals surface area contributed by atoms with Crippen molar-refractivity contribution in [3.05, 3.63) is 61.2 Å². The first-order valence-corrected chi connectivity index (χ1v) is 15.0. The number of hydrogen-bond acceptors (Lipinski definition) is 5. The van der Waals surface area contributed by atoms with Gasteiger partial charge in [-0.3, -0.25) is 14.4 Å². The van der Waals surface area contributed by atoms with E-state index in [0.29, 0.717) is 32.5 Å². The molecule has 1 aromatic carbocycles. The van der Waals surface area contributed by atoms with Gasteiger partial charge in [-0.05, 0) is 51.5 Å². The maximum atomic E-state index is 14.7. The van der Waals surface area contributed by atoms with Gasteiger partial charge in [-0.1, -0.05) is 56.3 Å². The van der Waals surface area contributed by atoms with Crippen molar-refractivity contribution in [1.29, 1.82) is 0 Å². The second-order valence-corrected chi connectivity index (χ2v) is 12.4. The van der Waals surface area contributed by atoms with E-state index in [1.54, 1.807) is 26.9 Å². The summed E-state index contributed by atoms with van der Waals surface area (Å²) in [4.78, 5) is 48.6. The van der Waals surface area contributed by atoms with Crippen molar-refractivity contribution in [1.82, 2.24) is 14.7 Å². The zero-order valence-electron chi connectivity index (χ0n) is 25.3. The summed E-state index contributed by atoms with van der Waals surface area (Å²) in [5.41, 5.74) is -1.12. The third-order valence-corrected chi connectivity index (χ3v) is 9.56. The lowest BCUT2D eigenvalue weighted by Crippen LogP contribution is -2.60. The molecule has 3 unspecified atom stereocenters. The second kappa shape index (κ2) is 12.1. The number of aliphatic hydroxyl groups excluding tert-OH is 1. The Morgan fingerprint density at radius 3 is 2.39 bits per heavy atom. The summed E-state index contributed by atoms with van der Waals surface area (Å²) in [5, 5.41) is 10.7. The molecule has 1 aromatic rings. The Balaban J connectivity index is 1.87. The van der Waals surface area contributed by atoms with Crippen molar-refractivity contribution >= 4 is 17.7 Å². The maximum Gasteiger partial charge on any atom is 0.248 e. The molecule has 224 valence electrons. The zero-order valence-corrected chi connectivity index (χ0v) is 25.3. The van der Waals surface area contributed by atoms with Crippen LogP contribution in [0.3, 0.4) is 0 Å². The van der Waals surface area contributed by atoms with Crippen LogP contribution in [0, 0.1) is 17.8 Å². The van der Waals surface area contributed by atoms with Crippen LogP contribution in [0.1, 0.15) is 53.0 Å². The summed E-state index contributed by atoms with van der Waals surface area (Å²) in [6.07, 6.45) is 5.02. The van der Waals surface area contributed by atoms with Crippen LogP contribution in [0.15, 0.2) is 55.6 Å². The smallest absolute Gasteiger partial charge is 0.248 e. The van der Waals surface area contributed by atoms with Gasteiger partial charge in [0, 0.05) is 25.7 Å². The molecule has 3 fully saturated rings. The molecule has 7 atom stereocenters. The van der Waals surface area contributed by atoms with Crippen molar-refractivity contribution in [2.24, 2.45) is 17.8 Å². The quantitative estimate of drug-likeness (QED) is 0.370. The predicted octanol–water partition coefficient (Wildman–Crippen LogP) is 3.45. The number of ether oxygens (including phenoxy) is 1. The number of benzene rings is 1. The van der Waals surface area contributed by atoms with Gasteiger partial charge in [-0.15, -0.1) is 13.2 Å². The first kappa shape index (κ1) is 31.0. The number of hydrogen-bond donors (Lipinski definition) is 1. The lowest BCUT2D eigenvalue weighted by atomic mass is 9.62. The Labute approximate surface area is 245 Å². The molecule has 0 aliphatic carbocycles. The first-order chi connectivity index (χ1) is 19.5. The predicted molar refractivity (Wildman–Crippen MR) is 159 cm³/mol. The minimum absolute atomic E-state index is 0.0587. The Morgan fingerprint density at radius 2 is 1.83 bits per heavy atom. The van der Waals surface area contributed by atoms with Gasteiger partial charge in [-0.2, -0.15) is 0 Å². The number of likely N-dealkylation sites (tertiary alicyclic amines) is 1. The van der Waals surface area contributed by atoms with E-state index < -0.39 is 35.1 Å². The second-order valence-electron chi connectivity index (χ2n) is 12.4. The van der Waals surface area contributed by atoms with E-state index in [1.807, 2.05) is 58.0 Å². The molecule has 41 heavy (non-hydrogen) atoms. The highest BCUT2D eigenvalue weighted by Gasteiger charge is 2.80. The highest BCUT2D eigenvalue weighted by molar-refractivity contribution is 5.99. The number of amides is 3. The van der Waals surface area contributed by atoms with Gasteiger partial charge in [0.1, 0.15) is 11.6 Å². The van der Waals surface area contributed by atoms with Crippen LogP contribution in [-0.4, -0.2) is 93.1 Å². The molecule has 1 spiro atoms. The Bertz CT molecular complexity index is 1150. The van der Waals surface area contributed by atoms with E-state index in [4.69, 9.17) is 4.74 Å². The minimum Gasteiger partial charge on any atom is -0.394 e. The molecule has 0 saturated carbocycles. The van der Waals surface area contributed by atoms with E-state index in [0.717, 1.165) is 12.0 Å². The molecule has 3 saturated heterocycles. The molecular formula is C33H47N3O5. The number of rotatable bonds is 13. The molecule has 2 bridgehead atoms. The fourth-order valence-electron chi connectivity index (χ4n) is 7.63. The van der Waals surface area contributed by atoms with Gasteiger partial charge in [0.15, 0.2) is 0 Å². The zero-order chi connectivity index (χ0) is 30.1. The van der Waals surface area contributed by atoms with Gasteiger partial charge < -0.3 is 24.5 Å². The number of carbonyl (C=O) groups is 3. The molecule has 3 aliphatic rings. The van der Waals surface area contributed by atoms with Crippen LogP contribution in [0.5, 0.6) is 0 Å². The van der Waals surface area contributed by atoms with Gasteiger partial charge in [-0.25, -0.2) is 0 Å². The van der Waals surface area contributed by atoms with Crippen molar-refractivity contribution in [2.75, 3.05) is 26.2 Å². The van der Waals surface area contributed by atoms with Crippen LogP contribution >= 0.6 is 0 Å². The average Bonchev–Trinajstić information content (AvgIpc) is 3.46. The van der Waals surface area contributed by atoms with Crippen molar-refractivity contribution in [3.63, 3.8) is 0 Å². The standard InChI is InChI=1S/C33H47N3O5/c1-8-16-34(17-9-2)29(38)26-27-30(39)36(25(21-37)19-24-14-12-11-13-15-24)28(31(40)35(18-10-3)22(4)5)33(27)20-23(6)32(26,7)41-33/h8,10-15,22-23,25-28,37H,1,3,9,16-21H2,2,4-7H3/t23?,25-,26+,27+,28?,32-,33?/m1/s1. The van der Waals surface area contributed by atoms with Crippen molar-refractivity contribution < 1.29 is 24.2 Å². The summed E-state index contributed by atoms with van der Waals surface area (Å²) in [6.45, 7) is 18.5. The fraction of sp³-hybridized carbons (Fsp3) is 0.606. The van der Waals surface area contributed by atoms with Gasteiger partial charge in [0.2, 0.25) is 17.7 Å². The van der Waals surface area contributed by atoms with E-state index in [-0.39, 0.29) is 36.3 Å². The van der Waals surface area contributed by atoms with Gasteiger partial charge >= 0.3 is 0 Å². The first-order valence-electron chi connectivity index (χ1n) is 15.0. The SMILES string of the molecule is C=CCN(CCC)C(=O)[C@@H]1[C@H]2C(=O)N([C@@H](CO)Cc3ccccc3)C(C(=O)N(CC=C)C(C)C)C23CC(C)[C@@]1(C)O3. The molecule has 3 aliphatic heterocycles. The Hall–Kier alpha value is -2.97. The summed E-state index contributed by atoms with van der Waals surface area (Å²) < 4.78 is 6.92. The number of aliphatic hydroxyl groups is 1. The lowest BCUT2D eigenvalue weighted by Gasteiger charge is -2.40. The Kier molecular flexibility index (Phi) is 9.14. The van der Waals surface area contributed by atoms with E-state index in [2.05, 4.69) is 20.1 Å². The summed E-state index contributed by atoms with van der Waals surface area (Å²) in [5.74, 6) is -2.28. The number of fused-ring (bicyclic) bond motifs is 1. The minimum atomic E-state index is -1.17. The van der Waals surface area contributed by atoms with Crippen LogP contribution in [0.4, 0.5) is 0 Å². The summed E-state index contributed by atoms with van der Waals surface area (Å²) in [6, 6.07) is 7.88. The van der Waals surface area contributed by atoms with Gasteiger partial charge in [0.05, 0.1) is 30.1 Å². The number of carbonyl (C=O) groups excluding carboxylic acids is 3. The molecule has 0 radical (unpaired) electrons. The average molecular weight is 566 g/mol. The van der Waals surface area contributed by atoms with Gasteiger partial charge in [0.25, 0.3) is 0 Å². The van der Waals surface area contributed by atoms with Crippen molar-refractivity contribution in [2.45, 2.75) is 83.2 Å². The topological polar surface area (TPSA) is 90.4 Å². The third-order valence-electron chi connectivity index (χ3n) is 9.56. The number of nitrogens with zero attached hydrogens (tertiary/aromatic N) is 3. The maximum absolute atomic E-state index is 14.7. The molecule has 3 amide bonds. The highest BCUT2D eigenvalue weighted by Crippen LogP contribution is 2.66. The van der Waals surface area contributed by atoms with Crippen molar-refractivity contribution in [3.8, 4) is 0 Å². The lowest BCUT2D eigenvalue weighted by molar-refractivity contribution is -0.158. The molecule has 3 heterocycles. The molecule has 1 N–H and O–H groups in total. The van der Waals surface area contributed by atoms with Crippen LogP contribution in [0.2, 0.25) is 0 Å². The molecule has 8 nitrogen and oxygen atoms in total. The summed E-state index contributed by atoms with van der Waals surface area (Å²) >= 11 is 0. The molecule has 0 aromatic heterocycles. The molecular weight excluding hydrogens is 518 g/mol. The highest BCUT2D eigenvalue weighted by atomic mass is 16.5. The van der Waals surface area contributed by atoms with E-state index >= 15 is 0 Å². The molecule has 4 rings (SSSR count). The fourth-order valence-corrected chi connectivity index (χ4v) is 7.63. The van der Waals surface area contributed by atoms with E-state index in [1.165, 1.54) is 0 Å². The summed E-state index contributed by atoms with van der Waals surface area (Å²) in [7, 11) is 0. The van der Waals surface area contributed by atoms with Crippen LogP contribution in [-0.2, 0) is 25.5 Å². The van der Waals surface area contributed by atoms with E-state index in [9.17, 15) is 19.5 Å². The largest absolute Gasteiger partial charge is 0.394 e. The third kappa shape index (κ3) is 5.03. The Morgan fingerprint density at radius 1 is 1.17 bits per heavy atom.